The van der Waals surface area contributed by atoms with Crippen LogP contribution in [0.1, 0.15) is 0 Å². The van der Waals surface area contributed by atoms with Crippen LogP contribution in [0.15, 0.2) is 59.8 Å². The summed E-state index contributed by atoms with van der Waals surface area (Å²) in [5, 5.41) is 9.53. The number of aromatic nitrogens is 3. The van der Waals surface area contributed by atoms with Crippen molar-refractivity contribution < 1.29 is 9.53 Å². The van der Waals surface area contributed by atoms with Gasteiger partial charge in [-0.3, -0.25) is 9.36 Å². The molecule has 0 N–H and O–H groups in total. The first-order valence-corrected chi connectivity index (χ1v) is 11.8. The molecule has 0 spiro atoms. The van der Waals surface area contributed by atoms with E-state index in [4.69, 9.17) is 4.74 Å². The third-order valence-corrected chi connectivity index (χ3v) is 6.90. The summed E-state index contributed by atoms with van der Waals surface area (Å²) in [6.07, 6.45) is 0. The van der Waals surface area contributed by atoms with Gasteiger partial charge in [-0.2, -0.15) is 0 Å². The zero-order valence-corrected chi connectivity index (χ0v) is 18.9. The van der Waals surface area contributed by atoms with Crippen LogP contribution in [-0.2, 0) is 11.3 Å². The van der Waals surface area contributed by atoms with Crippen LogP contribution in [0, 0.1) is 0 Å². The number of para-hydroxylation sites is 1. The lowest BCUT2D eigenvalue weighted by molar-refractivity contribution is -0.128. The smallest absolute Gasteiger partial charge is 0.233 e. The second-order valence-electron chi connectivity index (χ2n) is 7.78. The molecule has 5 rings (SSSR count). The third kappa shape index (κ3) is 4.12. The number of carbonyl (C=O) groups is 1. The van der Waals surface area contributed by atoms with Crippen molar-refractivity contribution in [1.82, 2.24) is 19.7 Å². The number of benzene rings is 2. The number of anilines is 3. The molecule has 0 unspecified atom stereocenters. The van der Waals surface area contributed by atoms with Gasteiger partial charge >= 0.3 is 0 Å². The van der Waals surface area contributed by atoms with Gasteiger partial charge in [-0.1, -0.05) is 30.0 Å². The Hall–Kier alpha value is -3.20. The summed E-state index contributed by atoms with van der Waals surface area (Å²) in [5.74, 6) is 2.19. The first-order chi connectivity index (χ1) is 15.7. The number of hydrogen-bond acceptors (Lipinski definition) is 7. The van der Waals surface area contributed by atoms with E-state index in [2.05, 4.69) is 48.8 Å². The molecule has 9 heteroatoms. The van der Waals surface area contributed by atoms with Crippen LogP contribution in [0.2, 0.25) is 0 Å². The van der Waals surface area contributed by atoms with E-state index >= 15 is 0 Å². The van der Waals surface area contributed by atoms with Crippen molar-refractivity contribution in [1.29, 1.82) is 0 Å². The molecule has 2 aliphatic rings. The summed E-state index contributed by atoms with van der Waals surface area (Å²) in [4.78, 5) is 19.2. The normalized spacial score (nSPS) is 15.7. The minimum atomic E-state index is 0.157. The first kappa shape index (κ1) is 20.7. The molecule has 1 fully saturated rings. The minimum Gasteiger partial charge on any atom is -0.497 e. The van der Waals surface area contributed by atoms with Crippen molar-refractivity contribution >= 4 is 35.0 Å². The molecule has 3 heterocycles. The fourth-order valence-electron chi connectivity index (χ4n) is 4.16. The Kier molecular flexibility index (Phi) is 5.89. The van der Waals surface area contributed by atoms with Gasteiger partial charge in [0.05, 0.1) is 12.9 Å². The number of nitrogens with zero attached hydrogens (tertiary/aromatic N) is 6. The van der Waals surface area contributed by atoms with Crippen LogP contribution >= 0.6 is 11.8 Å². The number of carbonyl (C=O) groups excluding carboxylic acids is 1. The molecule has 166 valence electrons. The Morgan fingerprint density at radius 1 is 0.906 bits per heavy atom. The van der Waals surface area contributed by atoms with E-state index in [0.717, 1.165) is 61.8 Å². The zero-order chi connectivity index (χ0) is 21.9. The molecule has 1 saturated heterocycles. The standard InChI is InChI=1S/C23H26N6O2S/c1-31-20-9-7-19(8-10-20)28-15-16-29-22(28)24-25-23(29)32-17-21(30)27-13-11-26(12-14-27)18-5-3-2-4-6-18/h2-10H,11-17H2,1H3. The van der Waals surface area contributed by atoms with Gasteiger partial charge in [0.15, 0.2) is 5.16 Å². The molecular weight excluding hydrogens is 424 g/mol. The maximum Gasteiger partial charge on any atom is 0.233 e. The lowest BCUT2D eigenvalue weighted by Gasteiger charge is -2.36. The van der Waals surface area contributed by atoms with Crippen molar-refractivity contribution in [2.75, 3.05) is 55.4 Å². The number of rotatable bonds is 6. The summed E-state index contributed by atoms with van der Waals surface area (Å²) in [5.41, 5.74) is 2.27. The highest BCUT2D eigenvalue weighted by Crippen LogP contribution is 2.33. The van der Waals surface area contributed by atoms with Crippen LogP contribution in [0.5, 0.6) is 5.75 Å². The van der Waals surface area contributed by atoms with Crippen LogP contribution < -0.4 is 14.5 Å². The Bertz CT molecular complexity index is 1060. The number of fused-ring (bicyclic) bond motifs is 1. The van der Waals surface area contributed by atoms with E-state index < -0.39 is 0 Å². The van der Waals surface area contributed by atoms with Gasteiger partial charge in [0, 0.05) is 50.6 Å². The average molecular weight is 451 g/mol. The van der Waals surface area contributed by atoms with Gasteiger partial charge in [-0.25, -0.2) is 0 Å². The van der Waals surface area contributed by atoms with E-state index in [9.17, 15) is 4.79 Å². The Morgan fingerprint density at radius 3 is 2.38 bits per heavy atom. The summed E-state index contributed by atoms with van der Waals surface area (Å²) < 4.78 is 7.34. The highest BCUT2D eigenvalue weighted by Gasteiger charge is 2.27. The van der Waals surface area contributed by atoms with Gasteiger partial charge in [-0.15, -0.1) is 10.2 Å². The topological polar surface area (TPSA) is 66.7 Å². The third-order valence-electron chi connectivity index (χ3n) is 5.95. The zero-order valence-electron chi connectivity index (χ0n) is 18.1. The SMILES string of the molecule is COc1ccc(N2CCn3c(SCC(=O)N4CCN(c5ccccc5)CC4)nnc32)cc1. The molecule has 0 saturated carbocycles. The first-order valence-electron chi connectivity index (χ1n) is 10.8. The molecule has 0 bridgehead atoms. The van der Waals surface area contributed by atoms with E-state index in [1.54, 1.807) is 7.11 Å². The van der Waals surface area contributed by atoms with Crippen molar-refractivity contribution in [2.24, 2.45) is 0 Å². The number of piperazine rings is 1. The average Bonchev–Trinajstić information content (AvgIpc) is 3.46. The van der Waals surface area contributed by atoms with Gasteiger partial charge in [0.25, 0.3) is 0 Å². The highest BCUT2D eigenvalue weighted by atomic mass is 32.2. The van der Waals surface area contributed by atoms with Gasteiger partial charge in [0.2, 0.25) is 11.9 Å². The summed E-state index contributed by atoms with van der Waals surface area (Å²) in [6, 6.07) is 18.3. The lowest BCUT2D eigenvalue weighted by Crippen LogP contribution is -2.49. The predicted octanol–water partition coefficient (Wildman–Crippen LogP) is 2.88. The number of thioether (sulfide) groups is 1. The van der Waals surface area contributed by atoms with Crippen LogP contribution in [0.3, 0.4) is 0 Å². The molecule has 0 aliphatic carbocycles. The van der Waals surface area contributed by atoms with Gasteiger partial charge in [0.1, 0.15) is 5.75 Å². The fourth-order valence-corrected chi connectivity index (χ4v) is 5.02. The number of hydrogen-bond donors (Lipinski definition) is 0. The molecule has 32 heavy (non-hydrogen) atoms. The Labute approximate surface area is 191 Å². The van der Waals surface area contributed by atoms with Crippen molar-refractivity contribution in [3.63, 3.8) is 0 Å². The molecule has 8 nitrogen and oxygen atoms in total. The largest absolute Gasteiger partial charge is 0.497 e. The maximum atomic E-state index is 12.8. The van der Waals surface area contributed by atoms with Crippen LogP contribution in [0.4, 0.5) is 17.3 Å². The predicted molar refractivity (Wildman–Crippen MR) is 126 cm³/mol. The highest BCUT2D eigenvalue weighted by molar-refractivity contribution is 7.99. The summed E-state index contributed by atoms with van der Waals surface area (Å²) in [6.45, 7) is 4.85. The second-order valence-corrected chi connectivity index (χ2v) is 8.72. The van der Waals surface area contributed by atoms with Crippen LogP contribution in [0.25, 0.3) is 0 Å². The van der Waals surface area contributed by atoms with E-state index in [1.807, 2.05) is 35.2 Å². The minimum absolute atomic E-state index is 0.157. The van der Waals surface area contributed by atoms with Crippen molar-refractivity contribution in [2.45, 2.75) is 11.7 Å². The Balaban J connectivity index is 1.16. The summed E-state index contributed by atoms with van der Waals surface area (Å²) >= 11 is 1.47. The fraction of sp³-hybridized carbons (Fsp3) is 0.348. The van der Waals surface area contributed by atoms with E-state index in [1.165, 1.54) is 17.4 Å². The molecule has 1 amide bonds. The summed E-state index contributed by atoms with van der Waals surface area (Å²) in [7, 11) is 1.66. The molecule has 3 aromatic rings. The number of methoxy groups -OCH3 is 1. The van der Waals surface area contributed by atoms with Crippen LogP contribution in [-0.4, -0.2) is 71.2 Å². The van der Waals surface area contributed by atoms with Crippen molar-refractivity contribution in [3.8, 4) is 5.75 Å². The number of ether oxygens (including phenoxy) is 1. The molecular formula is C23H26N6O2S. The molecule has 0 atom stereocenters. The quantitative estimate of drug-likeness (QED) is 0.535. The van der Waals surface area contributed by atoms with Gasteiger partial charge in [-0.05, 0) is 36.4 Å². The Morgan fingerprint density at radius 2 is 1.66 bits per heavy atom. The molecule has 1 aromatic heterocycles. The number of amides is 1. The van der Waals surface area contributed by atoms with E-state index in [-0.39, 0.29) is 5.91 Å². The second kappa shape index (κ2) is 9.12. The van der Waals surface area contributed by atoms with Crippen molar-refractivity contribution in [3.05, 3.63) is 54.6 Å². The molecule has 0 radical (unpaired) electrons. The molecule has 2 aliphatic heterocycles. The van der Waals surface area contributed by atoms with E-state index in [0.29, 0.717) is 5.75 Å². The van der Waals surface area contributed by atoms with Gasteiger partial charge < -0.3 is 19.4 Å². The lowest BCUT2D eigenvalue weighted by atomic mass is 10.2. The monoisotopic (exact) mass is 450 g/mol. The molecule has 2 aromatic carbocycles. The maximum absolute atomic E-state index is 12.8.